The van der Waals surface area contributed by atoms with Crippen LogP contribution in [0.15, 0.2) is 53.4 Å². The SMILES string of the molecule is CC(C)(CCCC#N)CN(C[C@@H](O)[C@H](Cc1ccccc1)NC(=O)O[C@H]1CO[C@H]2OCC[C@H]21)S(=O)(=O)c1ccc2c(c1)OCO2. The zero-order valence-electron chi connectivity index (χ0n) is 25.6. The Bertz CT molecular complexity index is 1460. The van der Waals surface area contributed by atoms with Crippen LogP contribution >= 0.6 is 0 Å². The highest BCUT2D eigenvalue weighted by Gasteiger charge is 2.44. The van der Waals surface area contributed by atoms with E-state index in [2.05, 4.69) is 11.4 Å². The van der Waals surface area contributed by atoms with Crippen LogP contribution in [0.2, 0.25) is 0 Å². The van der Waals surface area contributed by atoms with Crippen LogP contribution in [0, 0.1) is 22.7 Å². The lowest BCUT2D eigenvalue weighted by atomic mass is 9.87. The molecular weight excluding hydrogens is 602 g/mol. The lowest BCUT2D eigenvalue weighted by Gasteiger charge is -2.35. The van der Waals surface area contributed by atoms with Gasteiger partial charge in [0.2, 0.25) is 16.8 Å². The number of aliphatic hydroxyl groups is 1. The predicted molar refractivity (Wildman–Crippen MR) is 162 cm³/mol. The van der Waals surface area contributed by atoms with Gasteiger partial charge in [0.1, 0.15) is 6.10 Å². The highest BCUT2D eigenvalue weighted by atomic mass is 32.2. The molecule has 1 amide bonds. The number of alkyl carbamates (subject to hydrolysis) is 1. The molecule has 0 saturated carbocycles. The Kier molecular flexibility index (Phi) is 10.5. The molecule has 45 heavy (non-hydrogen) atoms. The minimum absolute atomic E-state index is 0.00245. The first-order valence-electron chi connectivity index (χ1n) is 15.2. The monoisotopic (exact) mass is 643 g/mol. The van der Waals surface area contributed by atoms with E-state index in [1.165, 1.54) is 16.4 Å². The summed E-state index contributed by atoms with van der Waals surface area (Å²) in [7, 11) is -4.15. The summed E-state index contributed by atoms with van der Waals surface area (Å²) in [6, 6.07) is 15.0. The van der Waals surface area contributed by atoms with Gasteiger partial charge in [-0.05, 0) is 48.8 Å². The van der Waals surface area contributed by atoms with Crippen LogP contribution < -0.4 is 14.8 Å². The smallest absolute Gasteiger partial charge is 0.407 e. The van der Waals surface area contributed by atoms with Crippen molar-refractivity contribution in [3.05, 3.63) is 54.1 Å². The van der Waals surface area contributed by atoms with E-state index >= 15 is 0 Å². The Morgan fingerprint density at radius 1 is 1.18 bits per heavy atom. The van der Waals surface area contributed by atoms with Crippen molar-refractivity contribution < 1.29 is 42.0 Å². The van der Waals surface area contributed by atoms with Gasteiger partial charge in [-0.25, -0.2) is 13.2 Å². The van der Waals surface area contributed by atoms with Gasteiger partial charge in [-0.15, -0.1) is 0 Å². The molecule has 13 heteroatoms. The number of nitriles is 1. The Morgan fingerprint density at radius 3 is 2.73 bits per heavy atom. The fraction of sp³-hybridized carbons (Fsp3) is 0.562. The van der Waals surface area contributed by atoms with Gasteiger partial charge in [0, 0.05) is 25.6 Å². The Morgan fingerprint density at radius 2 is 1.96 bits per heavy atom. The maximum Gasteiger partial charge on any atom is 0.407 e. The third kappa shape index (κ3) is 8.25. The molecule has 2 fully saturated rings. The van der Waals surface area contributed by atoms with Crippen molar-refractivity contribution >= 4 is 16.1 Å². The van der Waals surface area contributed by atoms with Crippen molar-refractivity contribution in [2.24, 2.45) is 11.3 Å². The molecule has 0 radical (unpaired) electrons. The van der Waals surface area contributed by atoms with Gasteiger partial charge in [0.25, 0.3) is 0 Å². The Hall–Kier alpha value is -3.41. The number of nitrogens with zero attached hydrogens (tertiary/aromatic N) is 2. The molecule has 2 aromatic rings. The van der Waals surface area contributed by atoms with Crippen molar-refractivity contribution in [1.82, 2.24) is 9.62 Å². The highest BCUT2D eigenvalue weighted by Crippen LogP contribution is 2.36. The van der Waals surface area contributed by atoms with Gasteiger partial charge in [0.15, 0.2) is 17.8 Å². The molecule has 5 atom stereocenters. The van der Waals surface area contributed by atoms with Gasteiger partial charge in [-0.3, -0.25) is 0 Å². The second-order valence-electron chi connectivity index (χ2n) is 12.5. The number of rotatable bonds is 14. The molecule has 2 aromatic carbocycles. The summed E-state index contributed by atoms with van der Waals surface area (Å²) >= 11 is 0. The van der Waals surface area contributed by atoms with Crippen LogP contribution in [0.5, 0.6) is 11.5 Å². The number of amides is 1. The number of benzene rings is 2. The lowest BCUT2D eigenvalue weighted by molar-refractivity contribution is -0.0907. The van der Waals surface area contributed by atoms with Crippen LogP contribution in [-0.2, 0) is 30.7 Å². The van der Waals surface area contributed by atoms with Crippen molar-refractivity contribution in [3.63, 3.8) is 0 Å². The number of hydrogen-bond acceptors (Lipinski definition) is 10. The quantitative estimate of drug-likeness (QED) is 0.292. The largest absolute Gasteiger partial charge is 0.454 e. The molecule has 0 unspecified atom stereocenters. The average Bonchev–Trinajstić information content (AvgIpc) is 3.75. The van der Waals surface area contributed by atoms with E-state index in [0.717, 1.165) is 12.0 Å². The maximum atomic E-state index is 14.1. The number of hydrogen-bond donors (Lipinski definition) is 2. The third-order valence-corrected chi connectivity index (χ3v) is 10.2. The van der Waals surface area contributed by atoms with E-state index in [0.29, 0.717) is 37.4 Å². The molecule has 0 aromatic heterocycles. The zero-order valence-corrected chi connectivity index (χ0v) is 26.4. The number of unbranched alkanes of at least 4 members (excludes halogenated alkanes) is 1. The summed E-state index contributed by atoms with van der Waals surface area (Å²) < 4.78 is 57.2. The summed E-state index contributed by atoms with van der Waals surface area (Å²) in [4.78, 5) is 13.1. The first-order chi connectivity index (χ1) is 21.6. The molecular formula is C32H41N3O9S. The molecule has 2 saturated heterocycles. The predicted octanol–water partition coefficient (Wildman–Crippen LogP) is 3.59. The Balaban J connectivity index is 1.37. The molecule has 0 bridgehead atoms. The lowest BCUT2D eigenvalue weighted by Crippen LogP contribution is -2.52. The number of nitrogens with one attached hydrogen (secondary N) is 1. The number of sulfonamides is 1. The van der Waals surface area contributed by atoms with E-state index in [1.54, 1.807) is 6.07 Å². The van der Waals surface area contributed by atoms with Crippen LogP contribution in [0.25, 0.3) is 0 Å². The maximum absolute atomic E-state index is 14.1. The van der Waals surface area contributed by atoms with Crippen molar-refractivity contribution in [2.45, 2.75) is 75.4 Å². The summed E-state index contributed by atoms with van der Waals surface area (Å²) in [6.07, 6.45) is -0.401. The molecule has 0 aliphatic carbocycles. The van der Waals surface area contributed by atoms with Gasteiger partial charge >= 0.3 is 6.09 Å². The van der Waals surface area contributed by atoms with Gasteiger partial charge in [-0.2, -0.15) is 9.57 Å². The van der Waals surface area contributed by atoms with Crippen molar-refractivity contribution in [1.29, 1.82) is 5.26 Å². The third-order valence-electron chi connectivity index (χ3n) is 8.43. The number of fused-ring (bicyclic) bond motifs is 2. The number of ether oxygens (including phenoxy) is 5. The molecule has 0 spiro atoms. The van der Waals surface area contributed by atoms with Crippen LogP contribution in [0.1, 0.15) is 45.1 Å². The first kappa shape index (κ1) is 33.0. The molecule has 3 aliphatic heterocycles. The van der Waals surface area contributed by atoms with Crippen molar-refractivity contribution in [3.8, 4) is 17.6 Å². The minimum Gasteiger partial charge on any atom is -0.454 e. The van der Waals surface area contributed by atoms with E-state index < -0.39 is 39.8 Å². The normalized spacial score (nSPS) is 22.1. The number of carbonyl (C=O) groups is 1. The fourth-order valence-electron chi connectivity index (χ4n) is 5.99. The fourth-order valence-corrected chi connectivity index (χ4v) is 7.66. The average molecular weight is 644 g/mol. The molecule has 3 heterocycles. The second kappa shape index (κ2) is 14.3. The first-order valence-corrected chi connectivity index (χ1v) is 16.7. The van der Waals surface area contributed by atoms with Crippen LogP contribution in [0.4, 0.5) is 4.79 Å². The van der Waals surface area contributed by atoms with E-state index in [1.807, 2.05) is 44.2 Å². The zero-order chi connectivity index (χ0) is 32.0. The van der Waals surface area contributed by atoms with Crippen LogP contribution in [0.3, 0.4) is 0 Å². The van der Waals surface area contributed by atoms with Crippen LogP contribution in [-0.4, -0.2) is 81.6 Å². The molecule has 244 valence electrons. The molecule has 3 aliphatic rings. The standard InChI is InChI=1S/C32H41N3O9S/c1-32(2,13-6-7-14-33)20-35(45(38,39)23-10-11-27-28(17-23)43-21-42-27)18-26(36)25(16-22-8-4-3-5-9-22)34-31(37)44-29-19-41-30-24(29)12-15-40-30/h3-5,8-11,17,24-26,29-30,36H,6-7,12-13,15-16,18-21H2,1-2H3,(H,34,37)/t24-,25-,26+,29-,30+/m0/s1. The summed E-state index contributed by atoms with van der Waals surface area (Å²) in [5.74, 6) is 0.715. The summed E-state index contributed by atoms with van der Waals surface area (Å²) in [6.45, 7) is 4.37. The van der Waals surface area contributed by atoms with Crippen molar-refractivity contribution in [2.75, 3.05) is 33.1 Å². The molecule has 5 rings (SSSR count). The van der Waals surface area contributed by atoms with E-state index in [9.17, 15) is 18.3 Å². The number of aliphatic hydroxyl groups excluding tert-OH is 1. The second-order valence-corrected chi connectivity index (χ2v) is 14.4. The number of carbonyl (C=O) groups excluding carboxylic acids is 1. The minimum atomic E-state index is -4.15. The van der Waals surface area contributed by atoms with Gasteiger partial charge in [0.05, 0.1) is 42.2 Å². The molecule has 2 N–H and O–H groups in total. The highest BCUT2D eigenvalue weighted by molar-refractivity contribution is 7.89. The summed E-state index contributed by atoms with van der Waals surface area (Å²) in [5.41, 5.74) is 0.321. The molecule has 12 nitrogen and oxygen atoms in total. The van der Waals surface area contributed by atoms with Gasteiger partial charge in [-0.1, -0.05) is 44.2 Å². The topological polar surface area (TPSA) is 157 Å². The Labute approximate surface area is 264 Å². The van der Waals surface area contributed by atoms with E-state index in [4.69, 9.17) is 28.9 Å². The van der Waals surface area contributed by atoms with Gasteiger partial charge < -0.3 is 34.1 Å². The summed E-state index contributed by atoms with van der Waals surface area (Å²) in [5, 5.41) is 23.5. The van der Waals surface area contributed by atoms with E-state index in [-0.39, 0.29) is 50.0 Å².